The Hall–Kier alpha value is -1.48. The largest absolute Gasteiger partial charge is 0.495 e. The van der Waals surface area contributed by atoms with E-state index in [2.05, 4.69) is 0 Å². The van der Waals surface area contributed by atoms with Crippen molar-refractivity contribution in [2.45, 2.75) is 12.8 Å². The van der Waals surface area contributed by atoms with Gasteiger partial charge in [-0.05, 0) is 42.0 Å². The second-order valence-electron chi connectivity index (χ2n) is 4.06. The summed E-state index contributed by atoms with van der Waals surface area (Å²) in [5, 5.41) is 9.36. The smallest absolute Gasteiger partial charge is 0.328 e. The fourth-order valence-corrected chi connectivity index (χ4v) is 2.07. The van der Waals surface area contributed by atoms with Crippen LogP contribution in [0.2, 0.25) is 5.02 Å². The van der Waals surface area contributed by atoms with Crippen LogP contribution in [0.25, 0.3) is 5.57 Å². The van der Waals surface area contributed by atoms with E-state index < -0.39 is 5.97 Å². The second-order valence-corrected chi connectivity index (χ2v) is 4.47. The minimum Gasteiger partial charge on any atom is -0.495 e. The third-order valence-corrected chi connectivity index (χ3v) is 3.08. The third-order valence-electron chi connectivity index (χ3n) is 2.78. The summed E-state index contributed by atoms with van der Waals surface area (Å²) in [7, 11) is 1.55. The summed E-state index contributed by atoms with van der Waals surface area (Å²) in [6.07, 6.45) is 3.36. The van der Waals surface area contributed by atoms with E-state index in [1.807, 2.05) is 6.07 Å². The Balaban J connectivity index is 2.37. The Labute approximate surface area is 105 Å². The van der Waals surface area contributed by atoms with Crippen molar-refractivity contribution in [2.75, 3.05) is 7.11 Å². The Kier molecular flexibility index (Phi) is 3.38. The summed E-state index contributed by atoms with van der Waals surface area (Å²) >= 11 is 6.04. The van der Waals surface area contributed by atoms with Gasteiger partial charge in [0.15, 0.2) is 0 Å². The number of carboxylic acids is 1. The van der Waals surface area contributed by atoms with E-state index in [1.165, 1.54) is 6.08 Å². The molecule has 1 saturated carbocycles. The fourth-order valence-electron chi connectivity index (χ4n) is 1.81. The molecule has 1 aromatic carbocycles. The van der Waals surface area contributed by atoms with Gasteiger partial charge in [-0.25, -0.2) is 4.79 Å². The summed E-state index contributed by atoms with van der Waals surface area (Å²) in [5.74, 6) is 0.0373. The lowest BCUT2D eigenvalue weighted by molar-refractivity contribution is -0.131. The van der Waals surface area contributed by atoms with E-state index in [0.717, 1.165) is 24.0 Å². The zero-order valence-electron chi connectivity index (χ0n) is 9.44. The van der Waals surface area contributed by atoms with Crippen LogP contribution in [-0.4, -0.2) is 18.2 Å². The molecule has 1 N–H and O–H groups in total. The van der Waals surface area contributed by atoms with Crippen LogP contribution < -0.4 is 4.74 Å². The molecule has 2 rings (SSSR count). The number of rotatable bonds is 4. The van der Waals surface area contributed by atoms with E-state index in [4.69, 9.17) is 21.4 Å². The Morgan fingerprint density at radius 1 is 1.53 bits per heavy atom. The summed E-state index contributed by atoms with van der Waals surface area (Å²) in [6, 6.07) is 5.36. The molecule has 0 aliphatic heterocycles. The molecule has 0 amide bonds. The van der Waals surface area contributed by atoms with Crippen LogP contribution in [0.5, 0.6) is 5.75 Å². The van der Waals surface area contributed by atoms with Gasteiger partial charge in [0.2, 0.25) is 0 Å². The third kappa shape index (κ3) is 2.80. The summed E-state index contributed by atoms with van der Waals surface area (Å²) < 4.78 is 5.07. The molecule has 0 saturated heterocycles. The van der Waals surface area contributed by atoms with Gasteiger partial charge in [0, 0.05) is 6.08 Å². The average Bonchev–Trinajstić information content (AvgIpc) is 3.09. The number of aliphatic carboxylic acids is 1. The summed E-state index contributed by atoms with van der Waals surface area (Å²) in [4.78, 5) is 10.8. The quantitative estimate of drug-likeness (QED) is 0.837. The SMILES string of the molecule is COc1ccc(/C(=C/C(=O)O)C2CC2)cc1Cl. The van der Waals surface area contributed by atoms with Gasteiger partial charge in [-0.15, -0.1) is 0 Å². The highest BCUT2D eigenvalue weighted by Crippen LogP contribution is 2.43. The number of hydrogen-bond donors (Lipinski definition) is 1. The zero-order valence-corrected chi connectivity index (χ0v) is 10.2. The number of carboxylic acid groups (broad SMARTS) is 1. The highest BCUT2D eigenvalue weighted by atomic mass is 35.5. The van der Waals surface area contributed by atoms with Gasteiger partial charge in [0.25, 0.3) is 0 Å². The van der Waals surface area contributed by atoms with Crippen molar-refractivity contribution >= 4 is 23.1 Å². The molecule has 3 nitrogen and oxygen atoms in total. The predicted molar refractivity (Wildman–Crippen MR) is 66.3 cm³/mol. The first-order chi connectivity index (χ1) is 8.11. The Morgan fingerprint density at radius 2 is 2.24 bits per heavy atom. The van der Waals surface area contributed by atoms with Crippen LogP contribution in [-0.2, 0) is 4.79 Å². The highest BCUT2D eigenvalue weighted by Gasteiger charge is 2.27. The minimum absolute atomic E-state index is 0.357. The molecular weight excluding hydrogens is 240 g/mol. The maximum atomic E-state index is 10.8. The molecule has 90 valence electrons. The number of methoxy groups -OCH3 is 1. The van der Waals surface area contributed by atoms with Crippen molar-refractivity contribution in [3.05, 3.63) is 34.9 Å². The van der Waals surface area contributed by atoms with E-state index in [-0.39, 0.29) is 0 Å². The van der Waals surface area contributed by atoms with Crippen LogP contribution in [0, 0.1) is 5.92 Å². The van der Waals surface area contributed by atoms with Gasteiger partial charge in [-0.2, -0.15) is 0 Å². The molecule has 0 spiro atoms. The van der Waals surface area contributed by atoms with Gasteiger partial charge in [-0.1, -0.05) is 17.7 Å². The first-order valence-corrected chi connectivity index (χ1v) is 5.78. The molecule has 0 unspecified atom stereocenters. The van der Waals surface area contributed by atoms with Crippen molar-refractivity contribution in [3.8, 4) is 5.75 Å². The van der Waals surface area contributed by atoms with Crippen LogP contribution in [0.1, 0.15) is 18.4 Å². The van der Waals surface area contributed by atoms with Crippen molar-refractivity contribution in [2.24, 2.45) is 5.92 Å². The standard InChI is InChI=1S/C13H13ClO3/c1-17-12-5-4-9(6-11(12)14)10(7-13(15)16)8-2-3-8/h4-8H,2-3H2,1H3,(H,15,16)/b10-7+. The molecule has 4 heteroatoms. The van der Waals surface area contributed by atoms with Crippen molar-refractivity contribution in [3.63, 3.8) is 0 Å². The van der Waals surface area contributed by atoms with Crippen molar-refractivity contribution in [1.29, 1.82) is 0 Å². The number of halogens is 1. The number of benzene rings is 1. The van der Waals surface area contributed by atoms with Crippen molar-refractivity contribution in [1.82, 2.24) is 0 Å². The lowest BCUT2D eigenvalue weighted by atomic mass is 10.0. The maximum Gasteiger partial charge on any atom is 0.328 e. The van der Waals surface area contributed by atoms with Gasteiger partial charge in [-0.3, -0.25) is 0 Å². The van der Waals surface area contributed by atoms with Crippen LogP contribution in [0.3, 0.4) is 0 Å². The zero-order chi connectivity index (χ0) is 12.4. The summed E-state index contributed by atoms with van der Waals surface area (Å²) in [5.41, 5.74) is 1.71. The second kappa shape index (κ2) is 4.80. The lowest BCUT2D eigenvalue weighted by Gasteiger charge is -2.08. The Bertz CT molecular complexity index is 476. The van der Waals surface area contributed by atoms with E-state index >= 15 is 0 Å². The number of allylic oxidation sites excluding steroid dienone is 1. The molecular formula is C13H13ClO3. The van der Waals surface area contributed by atoms with Crippen LogP contribution in [0.4, 0.5) is 0 Å². The number of ether oxygens (including phenoxy) is 1. The molecule has 1 aliphatic carbocycles. The van der Waals surface area contributed by atoms with E-state index in [9.17, 15) is 4.79 Å². The molecule has 0 bridgehead atoms. The van der Waals surface area contributed by atoms with Crippen LogP contribution >= 0.6 is 11.6 Å². The molecule has 1 aromatic rings. The molecule has 0 heterocycles. The predicted octanol–water partition coefficient (Wildman–Crippen LogP) is 3.23. The molecule has 0 atom stereocenters. The maximum absolute atomic E-state index is 10.8. The monoisotopic (exact) mass is 252 g/mol. The summed E-state index contributed by atoms with van der Waals surface area (Å²) in [6.45, 7) is 0. The minimum atomic E-state index is -0.918. The highest BCUT2D eigenvalue weighted by molar-refractivity contribution is 6.32. The first kappa shape index (κ1) is 12.0. The van der Waals surface area contributed by atoms with Gasteiger partial charge >= 0.3 is 5.97 Å². The number of hydrogen-bond acceptors (Lipinski definition) is 2. The topological polar surface area (TPSA) is 46.5 Å². The average molecular weight is 253 g/mol. The van der Waals surface area contributed by atoms with E-state index in [1.54, 1.807) is 19.2 Å². The van der Waals surface area contributed by atoms with E-state index in [0.29, 0.717) is 16.7 Å². The molecule has 17 heavy (non-hydrogen) atoms. The molecule has 0 aromatic heterocycles. The van der Waals surface area contributed by atoms with Crippen LogP contribution in [0.15, 0.2) is 24.3 Å². The van der Waals surface area contributed by atoms with Gasteiger partial charge < -0.3 is 9.84 Å². The number of carbonyl (C=O) groups is 1. The van der Waals surface area contributed by atoms with Gasteiger partial charge in [0.05, 0.1) is 12.1 Å². The lowest BCUT2D eigenvalue weighted by Crippen LogP contribution is -1.95. The molecule has 1 aliphatic rings. The molecule has 1 fully saturated rings. The normalized spacial score (nSPS) is 15.8. The fraction of sp³-hybridized carbons (Fsp3) is 0.308. The van der Waals surface area contributed by atoms with Gasteiger partial charge in [0.1, 0.15) is 5.75 Å². The molecule has 0 radical (unpaired) electrons. The van der Waals surface area contributed by atoms with Crippen molar-refractivity contribution < 1.29 is 14.6 Å². The Morgan fingerprint density at radius 3 is 2.71 bits per heavy atom. The first-order valence-electron chi connectivity index (χ1n) is 5.40.